The zero-order valence-electron chi connectivity index (χ0n) is 11.0. The van der Waals surface area contributed by atoms with Crippen molar-refractivity contribution in [3.63, 3.8) is 0 Å². The quantitative estimate of drug-likeness (QED) is 0.690. The summed E-state index contributed by atoms with van der Waals surface area (Å²) < 4.78 is 10.7. The van der Waals surface area contributed by atoms with Crippen LogP contribution in [0.4, 0.5) is 0 Å². The van der Waals surface area contributed by atoms with Crippen LogP contribution in [-0.2, 0) is 17.0 Å². The second kappa shape index (κ2) is 8.61. The number of rotatable bonds is 9. The highest BCUT2D eigenvalue weighted by Crippen LogP contribution is 2.16. The van der Waals surface area contributed by atoms with E-state index in [0.717, 1.165) is 42.6 Å². The second-order valence-electron chi connectivity index (χ2n) is 4.30. The number of nitrogens with one attached hydrogen (secondary N) is 1. The molecule has 0 aliphatic rings. The molecule has 0 amide bonds. The van der Waals surface area contributed by atoms with E-state index >= 15 is 0 Å². The normalized spacial score (nSPS) is 11.3. The number of hydrogen-bond acceptors (Lipinski definition) is 4. The van der Waals surface area contributed by atoms with Crippen molar-refractivity contribution in [1.29, 1.82) is 0 Å². The SMILES string of the molecule is COCCCSCc1ccc(CNC(C)C)o1. The Morgan fingerprint density at radius 1 is 1.35 bits per heavy atom. The molecule has 1 aromatic heterocycles. The summed E-state index contributed by atoms with van der Waals surface area (Å²) in [5, 5.41) is 3.34. The van der Waals surface area contributed by atoms with Crippen molar-refractivity contribution >= 4 is 11.8 Å². The van der Waals surface area contributed by atoms with Crippen LogP contribution in [0, 0.1) is 0 Å². The predicted octanol–water partition coefficient (Wildman–Crippen LogP) is 3.05. The first-order valence-electron chi connectivity index (χ1n) is 6.10. The Bertz CT molecular complexity index is 299. The van der Waals surface area contributed by atoms with Gasteiger partial charge in [-0.3, -0.25) is 0 Å². The van der Waals surface area contributed by atoms with Gasteiger partial charge in [-0.1, -0.05) is 13.8 Å². The van der Waals surface area contributed by atoms with Gasteiger partial charge in [-0.05, 0) is 24.3 Å². The van der Waals surface area contributed by atoms with E-state index in [2.05, 4.69) is 31.3 Å². The molecule has 4 heteroatoms. The molecule has 17 heavy (non-hydrogen) atoms. The molecule has 0 unspecified atom stereocenters. The summed E-state index contributed by atoms with van der Waals surface area (Å²) in [6, 6.07) is 4.62. The Kier molecular flexibility index (Phi) is 7.40. The molecule has 0 saturated heterocycles. The zero-order chi connectivity index (χ0) is 12.5. The van der Waals surface area contributed by atoms with Gasteiger partial charge in [0, 0.05) is 19.8 Å². The van der Waals surface area contributed by atoms with Gasteiger partial charge in [0.15, 0.2) is 0 Å². The maximum atomic E-state index is 5.73. The van der Waals surface area contributed by atoms with Crippen LogP contribution in [-0.4, -0.2) is 25.5 Å². The van der Waals surface area contributed by atoms with Gasteiger partial charge in [-0.25, -0.2) is 0 Å². The number of ether oxygens (including phenoxy) is 1. The minimum absolute atomic E-state index is 0.493. The molecule has 0 saturated carbocycles. The van der Waals surface area contributed by atoms with E-state index in [0.29, 0.717) is 6.04 Å². The smallest absolute Gasteiger partial charge is 0.118 e. The van der Waals surface area contributed by atoms with Crippen molar-refractivity contribution in [3.05, 3.63) is 23.7 Å². The minimum atomic E-state index is 0.493. The van der Waals surface area contributed by atoms with E-state index in [9.17, 15) is 0 Å². The molecule has 1 aromatic rings. The second-order valence-corrected chi connectivity index (χ2v) is 5.41. The van der Waals surface area contributed by atoms with Gasteiger partial charge in [0.2, 0.25) is 0 Å². The van der Waals surface area contributed by atoms with Crippen LogP contribution in [0.3, 0.4) is 0 Å². The molecular weight excluding hydrogens is 234 g/mol. The molecule has 1 rings (SSSR count). The van der Waals surface area contributed by atoms with Crippen molar-refractivity contribution in [1.82, 2.24) is 5.32 Å². The molecule has 0 bridgehead atoms. The lowest BCUT2D eigenvalue weighted by molar-refractivity contribution is 0.200. The summed E-state index contributed by atoms with van der Waals surface area (Å²) in [5.41, 5.74) is 0. The summed E-state index contributed by atoms with van der Waals surface area (Å²) in [6.07, 6.45) is 1.10. The largest absolute Gasteiger partial charge is 0.464 e. The van der Waals surface area contributed by atoms with E-state index in [1.165, 1.54) is 0 Å². The van der Waals surface area contributed by atoms with Crippen LogP contribution in [0.25, 0.3) is 0 Å². The maximum absolute atomic E-state index is 5.73. The standard InChI is InChI=1S/C13H23NO2S/c1-11(2)14-9-12-5-6-13(16-12)10-17-8-4-7-15-3/h5-6,11,14H,4,7-10H2,1-3H3. The lowest BCUT2D eigenvalue weighted by atomic mass is 10.3. The monoisotopic (exact) mass is 257 g/mol. The molecule has 0 aliphatic heterocycles. The molecule has 0 fully saturated rings. The Balaban J connectivity index is 2.17. The third-order valence-corrected chi connectivity index (χ3v) is 3.35. The van der Waals surface area contributed by atoms with Gasteiger partial charge >= 0.3 is 0 Å². The first-order chi connectivity index (χ1) is 8.22. The lowest BCUT2D eigenvalue weighted by Gasteiger charge is -2.05. The first kappa shape index (κ1) is 14.6. The highest BCUT2D eigenvalue weighted by Gasteiger charge is 2.02. The highest BCUT2D eigenvalue weighted by molar-refractivity contribution is 7.98. The van der Waals surface area contributed by atoms with Crippen LogP contribution >= 0.6 is 11.8 Å². The third-order valence-electron chi connectivity index (χ3n) is 2.28. The maximum Gasteiger partial charge on any atom is 0.118 e. The molecule has 0 aliphatic carbocycles. The molecule has 0 spiro atoms. The number of furan rings is 1. The summed E-state index contributed by atoms with van der Waals surface area (Å²) in [7, 11) is 1.74. The van der Waals surface area contributed by atoms with Gasteiger partial charge < -0.3 is 14.5 Å². The van der Waals surface area contributed by atoms with Gasteiger partial charge in [0.1, 0.15) is 11.5 Å². The Morgan fingerprint density at radius 2 is 2.12 bits per heavy atom. The molecule has 1 N–H and O–H groups in total. The molecule has 1 heterocycles. The van der Waals surface area contributed by atoms with E-state index < -0.39 is 0 Å². The van der Waals surface area contributed by atoms with Gasteiger partial charge in [0.25, 0.3) is 0 Å². The van der Waals surface area contributed by atoms with Crippen LogP contribution < -0.4 is 5.32 Å². The van der Waals surface area contributed by atoms with Gasteiger partial charge in [-0.15, -0.1) is 0 Å². The van der Waals surface area contributed by atoms with Gasteiger partial charge in [-0.2, -0.15) is 11.8 Å². The first-order valence-corrected chi connectivity index (χ1v) is 7.25. The number of methoxy groups -OCH3 is 1. The van der Waals surface area contributed by atoms with Crippen molar-refractivity contribution < 1.29 is 9.15 Å². The van der Waals surface area contributed by atoms with E-state index in [-0.39, 0.29) is 0 Å². The van der Waals surface area contributed by atoms with Crippen LogP contribution in [0.2, 0.25) is 0 Å². The number of thioether (sulfide) groups is 1. The van der Waals surface area contributed by atoms with Crippen molar-refractivity contribution in [2.45, 2.75) is 38.6 Å². The van der Waals surface area contributed by atoms with Crippen LogP contribution in [0.5, 0.6) is 0 Å². The minimum Gasteiger partial charge on any atom is -0.464 e. The van der Waals surface area contributed by atoms with Crippen molar-refractivity contribution in [2.24, 2.45) is 0 Å². The van der Waals surface area contributed by atoms with E-state index in [1.807, 2.05) is 11.8 Å². The average Bonchev–Trinajstić information content (AvgIpc) is 2.74. The average molecular weight is 257 g/mol. The predicted molar refractivity (Wildman–Crippen MR) is 73.3 cm³/mol. The fourth-order valence-electron chi connectivity index (χ4n) is 1.38. The van der Waals surface area contributed by atoms with Gasteiger partial charge in [0.05, 0.1) is 12.3 Å². The molecule has 0 radical (unpaired) electrons. The molecule has 3 nitrogen and oxygen atoms in total. The topological polar surface area (TPSA) is 34.4 Å². The fourth-order valence-corrected chi connectivity index (χ4v) is 2.20. The van der Waals surface area contributed by atoms with Crippen LogP contribution in [0.1, 0.15) is 31.8 Å². The van der Waals surface area contributed by atoms with Crippen molar-refractivity contribution in [2.75, 3.05) is 19.5 Å². The zero-order valence-corrected chi connectivity index (χ0v) is 11.8. The van der Waals surface area contributed by atoms with Crippen LogP contribution in [0.15, 0.2) is 16.5 Å². The molecule has 98 valence electrons. The molecule has 0 atom stereocenters. The summed E-state index contributed by atoms with van der Waals surface area (Å²) in [6.45, 7) is 5.92. The third kappa shape index (κ3) is 6.76. The summed E-state index contributed by atoms with van der Waals surface area (Å²) in [5.74, 6) is 4.15. The molecule has 0 aromatic carbocycles. The molecular formula is C13H23NO2S. The van der Waals surface area contributed by atoms with E-state index in [4.69, 9.17) is 9.15 Å². The Hall–Kier alpha value is -0.450. The summed E-state index contributed by atoms with van der Waals surface area (Å²) >= 11 is 1.89. The fraction of sp³-hybridized carbons (Fsp3) is 0.692. The number of hydrogen-bond donors (Lipinski definition) is 1. The highest BCUT2D eigenvalue weighted by atomic mass is 32.2. The van der Waals surface area contributed by atoms with Crippen molar-refractivity contribution in [3.8, 4) is 0 Å². The Labute approximate surface area is 108 Å². The van der Waals surface area contributed by atoms with E-state index in [1.54, 1.807) is 7.11 Å². The lowest BCUT2D eigenvalue weighted by Crippen LogP contribution is -2.21. The summed E-state index contributed by atoms with van der Waals surface area (Å²) in [4.78, 5) is 0. The Morgan fingerprint density at radius 3 is 2.82 bits per heavy atom.